The number of carbonyl (C=O) groups is 1. The lowest BCUT2D eigenvalue weighted by Gasteiger charge is -2.23. The van der Waals surface area contributed by atoms with Gasteiger partial charge in [0.15, 0.2) is 0 Å². The van der Waals surface area contributed by atoms with E-state index in [4.69, 9.17) is 4.74 Å². The summed E-state index contributed by atoms with van der Waals surface area (Å²) in [6, 6.07) is 14.6. The van der Waals surface area contributed by atoms with Gasteiger partial charge in [0.1, 0.15) is 0 Å². The Bertz CT molecular complexity index is 651. The zero-order chi connectivity index (χ0) is 19.3. The maximum Gasteiger partial charge on any atom is 0.222 e. The molecular weight excluding hydrogens is 336 g/mol. The molecule has 0 aliphatic rings. The zero-order valence-electron chi connectivity index (χ0n) is 16.9. The predicted octanol–water partition coefficient (Wildman–Crippen LogP) is 4.87. The van der Waals surface area contributed by atoms with Crippen molar-refractivity contribution in [3.05, 3.63) is 59.9 Å². The Labute approximate surface area is 164 Å². The topological polar surface area (TPSA) is 34.5 Å². The first-order chi connectivity index (χ1) is 13.2. The van der Waals surface area contributed by atoms with Gasteiger partial charge in [-0.2, -0.15) is 0 Å². The summed E-state index contributed by atoms with van der Waals surface area (Å²) >= 11 is 0. The van der Waals surface area contributed by atoms with Crippen LogP contribution in [0.1, 0.15) is 56.7 Å². The minimum absolute atomic E-state index is 0.232. The highest BCUT2D eigenvalue weighted by Crippen LogP contribution is 2.13. The van der Waals surface area contributed by atoms with Crippen molar-refractivity contribution in [2.24, 2.45) is 0 Å². The fraction of sp³-hybridized carbons (Fsp3) is 0.522. The molecule has 2 aromatic rings. The maximum atomic E-state index is 12.7. The molecule has 1 amide bonds. The second-order valence-corrected chi connectivity index (χ2v) is 7.09. The average molecular weight is 371 g/mol. The molecule has 0 aliphatic carbocycles. The standard InChI is InChI=1S/C23H34N2O2/c1-3-4-5-6-10-15-23(26)25(17-18-27-2)20-22-14-11-16-24(22)19-21-12-8-7-9-13-21/h7-9,11-14,16H,3-6,10,15,17-20H2,1-2H3. The number of benzene rings is 1. The summed E-state index contributed by atoms with van der Waals surface area (Å²) in [5.41, 5.74) is 2.43. The van der Waals surface area contributed by atoms with Gasteiger partial charge in [-0.1, -0.05) is 62.9 Å². The molecule has 27 heavy (non-hydrogen) atoms. The van der Waals surface area contributed by atoms with Gasteiger partial charge >= 0.3 is 0 Å². The number of hydrogen-bond donors (Lipinski definition) is 0. The van der Waals surface area contributed by atoms with Gasteiger partial charge in [-0.15, -0.1) is 0 Å². The van der Waals surface area contributed by atoms with Crippen LogP contribution in [0.15, 0.2) is 48.7 Å². The van der Waals surface area contributed by atoms with Crippen LogP contribution < -0.4 is 0 Å². The van der Waals surface area contributed by atoms with Crippen molar-refractivity contribution in [2.45, 2.75) is 58.5 Å². The first-order valence-electron chi connectivity index (χ1n) is 10.2. The van der Waals surface area contributed by atoms with Gasteiger partial charge in [-0.3, -0.25) is 4.79 Å². The molecule has 0 bridgehead atoms. The number of ether oxygens (including phenoxy) is 1. The lowest BCUT2D eigenvalue weighted by atomic mass is 10.1. The van der Waals surface area contributed by atoms with Crippen LogP contribution in [0, 0.1) is 0 Å². The van der Waals surface area contributed by atoms with E-state index in [9.17, 15) is 4.79 Å². The molecule has 148 valence electrons. The molecule has 1 aromatic heterocycles. The second kappa shape index (κ2) is 12.3. The Hall–Kier alpha value is -2.07. The lowest BCUT2D eigenvalue weighted by Crippen LogP contribution is -2.34. The van der Waals surface area contributed by atoms with Crippen molar-refractivity contribution in [1.29, 1.82) is 0 Å². The van der Waals surface area contributed by atoms with Gasteiger partial charge in [0.2, 0.25) is 5.91 Å². The third kappa shape index (κ3) is 7.59. The first-order valence-corrected chi connectivity index (χ1v) is 10.2. The van der Waals surface area contributed by atoms with E-state index in [0.29, 0.717) is 26.1 Å². The van der Waals surface area contributed by atoms with E-state index in [-0.39, 0.29) is 5.91 Å². The summed E-state index contributed by atoms with van der Waals surface area (Å²) in [6.45, 7) is 4.88. The van der Waals surface area contributed by atoms with Gasteiger partial charge in [0.25, 0.3) is 0 Å². The molecule has 0 unspecified atom stereocenters. The van der Waals surface area contributed by atoms with E-state index in [1.807, 2.05) is 11.0 Å². The van der Waals surface area contributed by atoms with Gasteiger partial charge in [0.05, 0.1) is 13.2 Å². The SMILES string of the molecule is CCCCCCCC(=O)N(CCOC)Cc1cccn1Cc1ccccc1. The van der Waals surface area contributed by atoms with E-state index < -0.39 is 0 Å². The minimum atomic E-state index is 0.232. The summed E-state index contributed by atoms with van der Waals surface area (Å²) in [6.07, 6.45) is 8.55. The number of hydrogen-bond acceptors (Lipinski definition) is 2. The molecule has 0 spiro atoms. The molecule has 4 nitrogen and oxygen atoms in total. The van der Waals surface area contributed by atoms with Crippen molar-refractivity contribution in [3.8, 4) is 0 Å². The third-order valence-corrected chi connectivity index (χ3v) is 4.88. The molecule has 1 heterocycles. The Morgan fingerprint density at radius 3 is 2.56 bits per heavy atom. The molecule has 4 heteroatoms. The maximum absolute atomic E-state index is 12.7. The Morgan fingerprint density at radius 2 is 1.81 bits per heavy atom. The molecule has 2 rings (SSSR count). The molecule has 0 fully saturated rings. The summed E-state index contributed by atoms with van der Waals surface area (Å²) in [7, 11) is 1.69. The molecule has 1 aromatic carbocycles. The number of amides is 1. The molecule has 0 saturated carbocycles. The lowest BCUT2D eigenvalue weighted by molar-refractivity contribution is -0.132. The summed E-state index contributed by atoms with van der Waals surface area (Å²) in [4.78, 5) is 14.7. The summed E-state index contributed by atoms with van der Waals surface area (Å²) in [5.74, 6) is 0.232. The Morgan fingerprint density at radius 1 is 1.04 bits per heavy atom. The predicted molar refractivity (Wildman–Crippen MR) is 111 cm³/mol. The van der Waals surface area contributed by atoms with Gasteiger partial charge in [0, 0.05) is 38.5 Å². The van der Waals surface area contributed by atoms with Crippen molar-refractivity contribution in [1.82, 2.24) is 9.47 Å². The minimum Gasteiger partial charge on any atom is -0.383 e. The summed E-state index contributed by atoms with van der Waals surface area (Å²) in [5, 5.41) is 0. The number of rotatable bonds is 13. The van der Waals surface area contributed by atoms with Gasteiger partial charge < -0.3 is 14.2 Å². The molecule has 0 aliphatic heterocycles. The highest BCUT2D eigenvalue weighted by Gasteiger charge is 2.15. The fourth-order valence-corrected chi connectivity index (χ4v) is 3.25. The average Bonchev–Trinajstić information content (AvgIpc) is 3.12. The van der Waals surface area contributed by atoms with Crippen molar-refractivity contribution < 1.29 is 9.53 Å². The van der Waals surface area contributed by atoms with Crippen LogP contribution in [-0.2, 0) is 22.6 Å². The monoisotopic (exact) mass is 370 g/mol. The van der Waals surface area contributed by atoms with Crippen molar-refractivity contribution in [3.63, 3.8) is 0 Å². The number of carbonyl (C=O) groups excluding carboxylic acids is 1. The molecule has 0 atom stereocenters. The molecular formula is C23H34N2O2. The van der Waals surface area contributed by atoms with Gasteiger partial charge in [-0.25, -0.2) is 0 Å². The van der Waals surface area contributed by atoms with Gasteiger partial charge in [-0.05, 0) is 24.1 Å². The van der Waals surface area contributed by atoms with E-state index in [1.165, 1.54) is 24.8 Å². The fourth-order valence-electron chi connectivity index (χ4n) is 3.25. The number of methoxy groups -OCH3 is 1. The second-order valence-electron chi connectivity index (χ2n) is 7.09. The van der Waals surface area contributed by atoms with Crippen LogP contribution in [0.3, 0.4) is 0 Å². The van der Waals surface area contributed by atoms with Crippen LogP contribution in [0.25, 0.3) is 0 Å². The van der Waals surface area contributed by atoms with Crippen molar-refractivity contribution >= 4 is 5.91 Å². The zero-order valence-corrected chi connectivity index (χ0v) is 16.9. The highest BCUT2D eigenvalue weighted by atomic mass is 16.5. The van der Waals surface area contributed by atoms with Crippen LogP contribution in [0.2, 0.25) is 0 Å². The molecule has 0 radical (unpaired) electrons. The number of aromatic nitrogens is 1. The third-order valence-electron chi connectivity index (χ3n) is 4.88. The Balaban J connectivity index is 1.95. The number of unbranched alkanes of at least 4 members (excludes halogenated alkanes) is 4. The van der Waals surface area contributed by atoms with Crippen molar-refractivity contribution in [2.75, 3.05) is 20.3 Å². The summed E-state index contributed by atoms with van der Waals surface area (Å²) < 4.78 is 7.45. The Kier molecular flexibility index (Phi) is 9.70. The van der Waals surface area contributed by atoms with E-state index in [2.05, 4.69) is 54.1 Å². The van der Waals surface area contributed by atoms with Crippen LogP contribution in [0.4, 0.5) is 0 Å². The quantitative estimate of drug-likeness (QED) is 0.471. The molecule has 0 saturated heterocycles. The van der Waals surface area contributed by atoms with E-state index in [0.717, 1.165) is 25.1 Å². The smallest absolute Gasteiger partial charge is 0.222 e. The largest absolute Gasteiger partial charge is 0.383 e. The first kappa shape index (κ1) is 21.2. The highest BCUT2D eigenvalue weighted by molar-refractivity contribution is 5.76. The molecule has 0 N–H and O–H groups in total. The van der Waals surface area contributed by atoms with Crippen LogP contribution >= 0.6 is 0 Å². The van der Waals surface area contributed by atoms with Crippen LogP contribution in [0.5, 0.6) is 0 Å². The van der Waals surface area contributed by atoms with E-state index in [1.54, 1.807) is 7.11 Å². The normalized spacial score (nSPS) is 10.9. The van der Waals surface area contributed by atoms with E-state index >= 15 is 0 Å². The number of nitrogens with zero attached hydrogens (tertiary/aromatic N) is 2. The van der Waals surface area contributed by atoms with Crippen LogP contribution in [-0.4, -0.2) is 35.6 Å².